The van der Waals surface area contributed by atoms with Crippen molar-refractivity contribution in [2.75, 3.05) is 0 Å². The third-order valence-corrected chi connectivity index (χ3v) is 3.72. The van der Waals surface area contributed by atoms with Gasteiger partial charge >= 0.3 is 0 Å². The van der Waals surface area contributed by atoms with Gasteiger partial charge in [-0.1, -0.05) is 0 Å². The van der Waals surface area contributed by atoms with E-state index in [2.05, 4.69) is 4.98 Å². The Morgan fingerprint density at radius 1 is 1.53 bits per heavy atom. The molecule has 1 N–H and O–H groups in total. The molecule has 0 aliphatic heterocycles. The van der Waals surface area contributed by atoms with E-state index in [0.717, 1.165) is 16.1 Å². The lowest BCUT2D eigenvalue weighted by molar-refractivity contribution is 0.105. The van der Waals surface area contributed by atoms with Gasteiger partial charge in [-0.3, -0.25) is 0 Å². The second-order valence-electron chi connectivity index (χ2n) is 3.90. The fourth-order valence-corrected chi connectivity index (χ4v) is 2.58. The lowest BCUT2D eigenvalue weighted by atomic mass is 9.96. The number of aryl methyl sites for hydroxylation is 2. The molecule has 0 saturated carbocycles. The third-order valence-electron chi connectivity index (χ3n) is 2.58. The molecule has 0 spiro atoms. The minimum Gasteiger partial charge on any atom is -0.380 e. The summed E-state index contributed by atoms with van der Waals surface area (Å²) in [6.45, 7) is 3.73. The number of hydrogen-bond acceptors (Lipinski definition) is 3. The molecule has 2 rings (SSSR count). The van der Waals surface area contributed by atoms with Crippen molar-refractivity contribution in [3.8, 4) is 0 Å². The Balaban J connectivity index is 2.47. The maximum atomic E-state index is 10.5. The van der Waals surface area contributed by atoms with Crippen molar-refractivity contribution >= 4 is 11.3 Å². The van der Waals surface area contributed by atoms with E-state index in [0.29, 0.717) is 0 Å². The van der Waals surface area contributed by atoms with Crippen LogP contribution < -0.4 is 0 Å². The van der Waals surface area contributed by atoms with Crippen molar-refractivity contribution in [2.45, 2.75) is 19.4 Å². The van der Waals surface area contributed by atoms with E-state index in [4.69, 9.17) is 0 Å². The number of rotatable bonds is 2. The van der Waals surface area contributed by atoms with Gasteiger partial charge < -0.3 is 9.67 Å². The minimum absolute atomic E-state index is 0.897. The van der Waals surface area contributed by atoms with Crippen LogP contribution in [0.4, 0.5) is 0 Å². The van der Waals surface area contributed by atoms with E-state index >= 15 is 0 Å². The first-order valence-electron chi connectivity index (χ1n) is 4.77. The zero-order chi connectivity index (χ0) is 11.1. The Bertz CT molecular complexity index is 470. The van der Waals surface area contributed by atoms with E-state index in [1.165, 1.54) is 11.3 Å². The van der Waals surface area contributed by atoms with Crippen LogP contribution in [-0.2, 0) is 12.6 Å². The number of aliphatic hydroxyl groups is 1. The average molecular weight is 222 g/mol. The van der Waals surface area contributed by atoms with Crippen molar-refractivity contribution in [3.63, 3.8) is 0 Å². The standard InChI is InChI=1S/C11H14N2OS/c1-8-10(15-7-12-8)11(2,14)9-4-5-13(3)6-9/h4-7,14H,1-3H3. The van der Waals surface area contributed by atoms with Crippen LogP contribution in [0.15, 0.2) is 24.0 Å². The summed E-state index contributed by atoms with van der Waals surface area (Å²) >= 11 is 1.49. The Morgan fingerprint density at radius 3 is 2.73 bits per heavy atom. The van der Waals surface area contributed by atoms with E-state index < -0.39 is 5.60 Å². The number of nitrogens with zero attached hydrogens (tertiary/aromatic N) is 2. The highest BCUT2D eigenvalue weighted by Gasteiger charge is 2.29. The van der Waals surface area contributed by atoms with Gasteiger partial charge in [-0.15, -0.1) is 11.3 Å². The fraction of sp³-hybridized carbons (Fsp3) is 0.364. The molecule has 0 aliphatic rings. The van der Waals surface area contributed by atoms with Crippen LogP contribution in [-0.4, -0.2) is 14.7 Å². The first-order valence-corrected chi connectivity index (χ1v) is 5.65. The monoisotopic (exact) mass is 222 g/mol. The van der Waals surface area contributed by atoms with Crippen LogP contribution in [0.25, 0.3) is 0 Å². The summed E-state index contributed by atoms with van der Waals surface area (Å²) in [5, 5.41) is 10.5. The molecule has 2 aromatic rings. The largest absolute Gasteiger partial charge is 0.380 e. The zero-order valence-electron chi connectivity index (χ0n) is 9.06. The topological polar surface area (TPSA) is 38.1 Å². The Hall–Kier alpha value is -1.13. The molecule has 2 aromatic heterocycles. The average Bonchev–Trinajstić information content (AvgIpc) is 2.74. The van der Waals surface area contributed by atoms with Gasteiger partial charge in [0.2, 0.25) is 0 Å². The number of hydrogen-bond donors (Lipinski definition) is 1. The smallest absolute Gasteiger partial charge is 0.124 e. The zero-order valence-corrected chi connectivity index (χ0v) is 9.88. The van der Waals surface area contributed by atoms with Gasteiger partial charge in [-0.05, 0) is 19.9 Å². The van der Waals surface area contributed by atoms with Crippen LogP contribution in [0.3, 0.4) is 0 Å². The number of thiazole rings is 1. The van der Waals surface area contributed by atoms with Gasteiger partial charge in [0.05, 0.1) is 16.1 Å². The second kappa shape index (κ2) is 3.47. The summed E-state index contributed by atoms with van der Waals surface area (Å²) in [6, 6.07) is 1.93. The van der Waals surface area contributed by atoms with Gasteiger partial charge in [-0.2, -0.15) is 0 Å². The molecule has 0 bridgehead atoms. The molecule has 0 fully saturated rings. The minimum atomic E-state index is -0.938. The van der Waals surface area contributed by atoms with Gasteiger partial charge in [0, 0.05) is 25.0 Å². The summed E-state index contributed by atoms with van der Waals surface area (Å²) in [6.07, 6.45) is 3.86. The van der Waals surface area contributed by atoms with Crippen LogP contribution in [0, 0.1) is 6.92 Å². The lowest BCUT2D eigenvalue weighted by Gasteiger charge is -2.21. The quantitative estimate of drug-likeness (QED) is 0.844. The van der Waals surface area contributed by atoms with E-state index in [1.807, 2.05) is 43.9 Å². The molecule has 4 heteroatoms. The van der Waals surface area contributed by atoms with Crippen LogP contribution in [0.5, 0.6) is 0 Å². The van der Waals surface area contributed by atoms with Gasteiger partial charge in [-0.25, -0.2) is 4.98 Å². The Kier molecular flexibility index (Phi) is 2.40. The second-order valence-corrected chi connectivity index (χ2v) is 4.76. The molecule has 3 nitrogen and oxygen atoms in total. The molecule has 0 amide bonds. The van der Waals surface area contributed by atoms with Gasteiger partial charge in [0.25, 0.3) is 0 Å². The molecule has 2 heterocycles. The third kappa shape index (κ3) is 1.70. The predicted molar refractivity (Wildman–Crippen MR) is 60.9 cm³/mol. The van der Waals surface area contributed by atoms with Crippen molar-refractivity contribution in [1.29, 1.82) is 0 Å². The van der Waals surface area contributed by atoms with Crippen molar-refractivity contribution < 1.29 is 5.11 Å². The van der Waals surface area contributed by atoms with E-state index in [9.17, 15) is 5.11 Å². The normalized spacial score (nSPS) is 15.2. The number of aromatic nitrogens is 2. The molecule has 80 valence electrons. The fourth-order valence-electron chi connectivity index (χ4n) is 1.69. The summed E-state index contributed by atoms with van der Waals surface area (Å²) in [5.74, 6) is 0. The summed E-state index contributed by atoms with van der Waals surface area (Å²) in [5.41, 5.74) is 2.63. The molecule has 1 unspecified atom stereocenters. The van der Waals surface area contributed by atoms with E-state index in [1.54, 1.807) is 5.51 Å². The highest BCUT2D eigenvalue weighted by Crippen LogP contribution is 2.33. The van der Waals surface area contributed by atoms with Crippen molar-refractivity contribution in [3.05, 3.63) is 40.1 Å². The van der Waals surface area contributed by atoms with Crippen molar-refractivity contribution in [1.82, 2.24) is 9.55 Å². The molecule has 15 heavy (non-hydrogen) atoms. The molecule has 0 saturated heterocycles. The van der Waals surface area contributed by atoms with Crippen LogP contribution in [0.2, 0.25) is 0 Å². The SMILES string of the molecule is Cc1ncsc1C(C)(O)c1ccn(C)c1. The molecule has 1 atom stereocenters. The van der Waals surface area contributed by atoms with Crippen LogP contribution in [0.1, 0.15) is 23.1 Å². The maximum absolute atomic E-state index is 10.5. The lowest BCUT2D eigenvalue weighted by Crippen LogP contribution is -2.21. The summed E-state index contributed by atoms with van der Waals surface area (Å²) in [7, 11) is 1.94. The van der Waals surface area contributed by atoms with Gasteiger partial charge in [0.15, 0.2) is 0 Å². The first kappa shape index (κ1) is 10.4. The van der Waals surface area contributed by atoms with Crippen LogP contribution >= 0.6 is 11.3 Å². The summed E-state index contributed by atoms with van der Waals surface area (Å²) < 4.78 is 1.93. The molecular weight excluding hydrogens is 208 g/mol. The molecule has 0 aliphatic carbocycles. The Labute approximate surface area is 93.0 Å². The van der Waals surface area contributed by atoms with Crippen molar-refractivity contribution in [2.24, 2.45) is 7.05 Å². The molecule has 0 radical (unpaired) electrons. The highest BCUT2D eigenvalue weighted by molar-refractivity contribution is 7.09. The van der Waals surface area contributed by atoms with E-state index in [-0.39, 0.29) is 0 Å². The molecule has 0 aromatic carbocycles. The Morgan fingerprint density at radius 2 is 2.27 bits per heavy atom. The summed E-state index contributed by atoms with van der Waals surface area (Å²) in [4.78, 5) is 5.08. The van der Waals surface area contributed by atoms with Gasteiger partial charge in [0.1, 0.15) is 5.60 Å². The molecular formula is C11H14N2OS. The highest BCUT2D eigenvalue weighted by atomic mass is 32.1. The maximum Gasteiger partial charge on any atom is 0.124 e. The first-order chi connectivity index (χ1) is 7.01. The predicted octanol–water partition coefficient (Wildman–Crippen LogP) is 2.05.